The molecule has 0 fully saturated rings. The predicted molar refractivity (Wildman–Crippen MR) is 63.3 cm³/mol. The summed E-state index contributed by atoms with van der Waals surface area (Å²) in [5.41, 5.74) is 7.19. The van der Waals surface area contributed by atoms with E-state index in [1.807, 2.05) is 13.0 Å². The molecule has 0 atom stereocenters. The third kappa shape index (κ3) is 2.12. The second-order valence-electron chi connectivity index (χ2n) is 3.82. The molecule has 0 aliphatic carbocycles. The van der Waals surface area contributed by atoms with E-state index in [0.717, 1.165) is 35.3 Å². The van der Waals surface area contributed by atoms with Gasteiger partial charge in [-0.05, 0) is 32.0 Å². The fourth-order valence-electron chi connectivity index (χ4n) is 1.71. The van der Waals surface area contributed by atoms with Crippen molar-refractivity contribution in [1.82, 2.24) is 9.97 Å². The first kappa shape index (κ1) is 10.8. The minimum Gasteiger partial charge on any atom is -0.508 e. The maximum absolute atomic E-state index is 9.41. The Morgan fingerprint density at radius 3 is 2.88 bits per heavy atom. The Hall–Kier alpha value is -1.68. The number of aromatic hydroxyl groups is 1. The summed E-state index contributed by atoms with van der Waals surface area (Å²) in [5, 5.41) is 10.4. The molecule has 4 heteroatoms. The van der Waals surface area contributed by atoms with Crippen molar-refractivity contribution in [2.45, 2.75) is 19.8 Å². The molecule has 0 aliphatic rings. The van der Waals surface area contributed by atoms with Gasteiger partial charge in [0.15, 0.2) is 0 Å². The number of hydrogen-bond acceptors (Lipinski definition) is 4. The van der Waals surface area contributed by atoms with Gasteiger partial charge in [0.1, 0.15) is 11.6 Å². The lowest BCUT2D eigenvalue weighted by Gasteiger charge is -2.05. The summed E-state index contributed by atoms with van der Waals surface area (Å²) < 4.78 is 0. The second-order valence-corrected chi connectivity index (χ2v) is 3.82. The lowest BCUT2D eigenvalue weighted by atomic mass is 10.2. The van der Waals surface area contributed by atoms with Gasteiger partial charge in [-0.3, -0.25) is 0 Å². The largest absolute Gasteiger partial charge is 0.508 e. The van der Waals surface area contributed by atoms with Crippen molar-refractivity contribution in [2.24, 2.45) is 5.73 Å². The van der Waals surface area contributed by atoms with E-state index in [9.17, 15) is 5.11 Å². The zero-order valence-corrected chi connectivity index (χ0v) is 9.27. The van der Waals surface area contributed by atoms with Gasteiger partial charge in [-0.25, -0.2) is 9.97 Å². The van der Waals surface area contributed by atoms with Crippen LogP contribution >= 0.6 is 0 Å². The van der Waals surface area contributed by atoms with Crippen LogP contribution in [-0.4, -0.2) is 21.6 Å². The van der Waals surface area contributed by atoms with Crippen LogP contribution in [0.15, 0.2) is 18.2 Å². The fraction of sp³-hybridized carbons (Fsp3) is 0.333. The van der Waals surface area contributed by atoms with Crippen molar-refractivity contribution in [3.8, 4) is 5.75 Å². The third-order valence-corrected chi connectivity index (χ3v) is 2.52. The van der Waals surface area contributed by atoms with Crippen molar-refractivity contribution < 1.29 is 5.11 Å². The van der Waals surface area contributed by atoms with Crippen LogP contribution in [0, 0.1) is 6.92 Å². The number of aryl methyl sites for hydroxylation is 2. The van der Waals surface area contributed by atoms with Crippen LogP contribution in [0.3, 0.4) is 0 Å². The molecule has 2 aromatic rings. The van der Waals surface area contributed by atoms with Gasteiger partial charge in [0, 0.05) is 23.6 Å². The summed E-state index contributed by atoms with van der Waals surface area (Å²) in [6, 6.07) is 5.15. The molecule has 4 nitrogen and oxygen atoms in total. The molecule has 1 heterocycles. The zero-order chi connectivity index (χ0) is 11.5. The number of benzene rings is 1. The minimum absolute atomic E-state index is 0.232. The summed E-state index contributed by atoms with van der Waals surface area (Å²) in [6.45, 7) is 2.59. The third-order valence-electron chi connectivity index (χ3n) is 2.52. The molecule has 0 amide bonds. The smallest absolute Gasteiger partial charge is 0.129 e. The molecule has 1 aromatic heterocycles. The molecule has 0 saturated carbocycles. The van der Waals surface area contributed by atoms with Crippen LogP contribution in [0.4, 0.5) is 0 Å². The van der Waals surface area contributed by atoms with E-state index in [1.54, 1.807) is 12.1 Å². The van der Waals surface area contributed by atoms with E-state index in [0.29, 0.717) is 6.54 Å². The van der Waals surface area contributed by atoms with Gasteiger partial charge in [-0.2, -0.15) is 0 Å². The van der Waals surface area contributed by atoms with E-state index in [4.69, 9.17) is 5.73 Å². The number of rotatable bonds is 3. The van der Waals surface area contributed by atoms with Crippen molar-refractivity contribution >= 4 is 10.9 Å². The van der Waals surface area contributed by atoms with Crippen molar-refractivity contribution in [2.75, 3.05) is 6.54 Å². The highest BCUT2D eigenvalue weighted by molar-refractivity contribution is 5.81. The first-order valence-corrected chi connectivity index (χ1v) is 5.37. The van der Waals surface area contributed by atoms with Crippen LogP contribution in [0.2, 0.25) is 0 Å². The van der Waals surface area contributed by atoms with Gasteiger partial charge in [-0.15, -0.1) is 0 Å². The molecule has 0 saturated heterocycles. The number of nitrogens with zero attached hydrogens (tertiary/aromatic N) is 2. The first-order valence-electron chi connectivity index (χ1n) is 5.37. The summed E-state index contributed by atoms with van der Waals surface area (Å²) in [4.78, 5) is 8.83. The Labute approximate surface area is 94.1 Å². The van der Waals surface area contributed by atoms with Gasteiger partial charge in [-0.1, -0.05) is 0 Å². The molecule has 0 bridgehead atoms. The quantitative estimate of drug-likeness (QED) is 0.818. The molecule has 2 rings (SSSR count). The SMILES string of the molecule is Cc1nc(CCCN)nc2cc(O)ccc12. The number of fused-ring (bicyclic) bond motifs is 1. The standard InChI is InChI=1S/C12H15N3O/c1-8-10-5-4-9(16)7-11(10)15-12(14-8)3-2-6-13/h4-5,7,16H,2-3,6,13H2,1H3. The number of nitrogens with two attached hydrogens (primary N) is 1. The van der Waals surface area contributed by atoms with Crippen molar-refractivity contribution in [1.29, 1.82) is 0 Å². The van der Waals surface area contributed by atoms with Crippen LogP contribution in [0.25, 0.3) is 10.9 Å². The summed E-state index contributed by atoms with van der Waals surface area (Å²) in [5.74, 6) is 1.02. The lowest BCUT2D eigenvalue weighted by Crippen LogP contribution is -2.04. The van der Waals surface area contributed by atoms with Gasteiger partial charge in [0.2, 0.25) is 0 Å². The number of aromatic nitrogens is 2. The molecule has 1 aromatic carbocycles. The van der Waals surface area contributed by atoms with Gasteiger partial charge >= 0.3 is 0 Å². The Balaban J connectivity index is 2.47. The van der Waals surface area contributed by atoms with Crippen LogP contribution in [0.5, 0.6) is 5.75 Å². The summed E-state index contributed by atoms with van der Waals surface area (Å²) in [7, 11) is 0. The number of phenols is 1. The molecule has 0 spiro atoms. The van der Waals surface area contributed by atoms with Crippen LogP contribution < -0.4 is 5.73 Å². The Morgan fingerprint density at radius 2 is 2.12 bits per heavy atom. The number of phenolic OH excluding ortho intramolecular Hbond substituents is 1. The highest BCUT2D eigenvalue weighted by atomic mass is 16.3. The maximum Gasteiger partial charge on any atom is 0.129 e. The summed E-state index contributed by atoms with van der Waals surface area (Å²) in [6.07, 6.45) is 1.66. The average molecular weight is 217 g/mol. The predicted octanol–water partition coefficient (Wildman–Crippen LogP) is 1.54. The molecule has 3 N–H and O–H groups in total. The monoisotopic (exact) mass is 217 g/mol. The molecular weight excluding hydrogens is 202 g/mol. The van der Waals surface area contributed by atoms with Gasteiger partial charge < -0.3 is 10.8 Å². The fourth-order valence-corrected chi connectivity index (χ4v) is 1.71. The molecular formula is C12H15N3O. The topological polar surface area (TPSA) is 72.0 Å². The highest BCUT2D eigenvalue weighted by Crippen LogP contribution is 2.20. The number of hydrogen-bond donors (Lipinski definition) is 2. The van der Waals surface area contributed by atoms with Gasteiger partial charge in [0.25, 0.3) is 0 Å². The molecule has 0 radical (unpaired) electrons. The normalized spacial score (nSPS) is 10.9. The maximum atomic E-state index is 9.41. The zero-order valence-electron chi connectivity index (χ0n) is 9.27. The lowest BCUT2D eigenvalue weighted by molar-refractivity contribution is 0.476. The van der Waals surface area contributed by atoms with Crippen molar-refractivity contribution in [3.63, 3.8) is 0 Å². The van der Waals surface area contributed by atoms with E-state index in [-0.39, 0.29) is 5.75 Å². The second kappa shape index (κ2) is 4.45. The van der Waals surface area contributed by atoms with E-state index in [2.05, 4.69) is 9.97 Å². The Bertz CT molecular complexity index is 511. The van der Waals surface area contributed by atoms with Crippen LogP contribution in [0.1, 0.15) is 17.9 Å². The summed E-state index contributed by atoms with van der Waals surface area (Å²) >= 11 is 0. The molecule has 84 valence electrons. The Kier molecular flexibility index (Phi) is 3.01. The van der Waals surface area contributed by atoms with Gasteiger partial charge in [0.05, 0.1) is 5.52 Å². The van der Waals surface area contributed by atoms with Crippen molar-refractivity contribution in [3.05, 3.63) is 29.7 Å². The van der Waals surface area contributed by atoms with E-state index >= 15 is 0 Å². The van der Waals surface area contributed by atoms with Crippen LogP contribution in [-0.2, 0) is 6.42 Å². The minimum atomic E-state index is 0.232. The Morgan fingerprint density at radius 1 is 1.31 bits per heavy atom. The van der Waals surface area contributed by atoms with E-state index < -0.39 is 0 Å². The molecule has 16 heavy (non-hydrogen) atoms. The average Bonchev–Trinajstić information content (AvgIpc) is 2.25. The molecule has 0 aliphatic heterocycles. The highest BCUT2D eigenvalue weighted by Gasteiger charge is 2.04. The first-order chi connectivity index (χ1) is 7.70. The van der Waals surface area contributed by atoms with E-state index in [1.165, 1.54) is 0 Å². The molecule has 0 unspecified atom stereocenters.